The molecule has 0 aromatic carbocycles. The molecule has 1 aliphatic carbocycles. The summed E-state index contributed by atoms with van der Waals surface area (Å²) in [7, 11) is 0. The van der Waals surface area contributed by atoms with Crippen LogP contribution >= 0.6 is 0 Å². The molecule has 1 heterocycles. The van der Waals surface area contributed by atoms with Crippen LogP contribution in [0.15, 0.2) is 12.3 Å². The van der Waals surface area contributed by atoms with Crippen LogP contribution in [0.2, 0.25) is 0 Å². The van der Waals surface area contributed by atoms with Gasteiger partial charge in [-0.15, -0.1) is 0 Å². The summed E-state index contributed by atoms with van der Waals surface area (Å²) in [6.45, 7) is 4.45. The summed E-state index contributed by atoms with van der Waals surface area (Å²) in [4.78, 5) is 0. The van der Waals surface area contributed by atoms with E-state index in [4.69, 9.17) is 10.9 Å². The quantitative estimate of drug-likeness (QED) is 0.459. The largest absolute Gasteiger partial charge is 0.271 e. The van der Waals surface area contributed by atoms with Gasteiger partial charge in [0.05, 0.1) is 11.7 Å². The summed E-state index contributed by atoms with van der Waals surface area (Å²) >= 11 is 0. The van der Waals surface area contributed by atoms with Gasteiger partial charge in [0.25, 0.3) is 0 Å². The van der Waals surface area contributed by atoms with E-state index in [1.807, 2.05) is 0 Å². The van der Waals surface area contributed by atoms with Crippen molar-refractivity contribution < 1.29 is 0 Å². The van der Waals surface area contributed by atoms with Crippen molar-refractivity contribution >= 4 is 0 Å². The molecular formula is C17H32N4. The molecule has 21 heavy (non-hydrogen) atoms. The van der Waals surface area contributed by atoms with Gasteiger partial charge in [-0.25, -0.2) is 0 Å². The lowest BCUT2D eigenvalue weighted by Gasteiger charge is -2.24. The monoisotopic (exact) mass is 292 g/mol. The fourth-order valence-electron chi connectivity index (χ4n) is 3.65. The van der Waals surface area contributed by atoms with E-state index in [0.717, 1.165) is 19.3 Å². The average molecular weight is 292 g/mol. The molecule has 0 spiro atoms. The molecule has 1 aromatic rings. The molecule has 1 unspecified atom stereocenters. The van der Waals surface area contributed by atoms with E-state index in [-0.39, 0.29) is 0 Å². The van der Waals surface area contributed by atoms with Gasteiger partial charge in [0.1, 0.15) is 0 Å². The molecule has 120 valence electrons. The van der Waals surface area contributed by atoms with Crippen molar-refractivity contribution in [1.82, 2.24) is 15.2 Å². The highest BCUT2D eigenvalue weighted by Crippen LogP contribution is 2.27. The Bertz CT molecular complexity index is 389. The third-order valence-corrected chi connectivity index (χ3v) is 5.09. The van der Waals surface area contributed by atoms with Gasteiger partial charge in [0.15, 0.2) is 0 Å². The second-order valence-corrected chi connectivity index (χ2v) is 6.49. The molecule has 0 aliphatic heterocycles. The van der Waals surface area contributed by atoms with Crippen LogP contribution in [0.4, 0.5) is 0 Å². The fourth-order valence-corrected chi connectivity index (χ4v) is 3.65. The third-order valence-electron chi connectivity index (χ3n) is 5.09. The molecule has 3 N–H and O–H groups in total. The minimum atomic E-state index is 0.369. The minimum Gasteiger partial charge on any atom is -0.271 e. The second-order valence-electron chi connectivity index (χ2n) is 6.49. The molecule has 0 saturated heterocycles. The van der Waals surface area contributed by atoms with Crippen LogP contribution in [0.25, 0.3) is 0 Å². The van der Waals surface area contributed by atoms with Gasteiger partial charge >= 0.3 is 0 Å². The van der Waals surface area contributed by atoms with Gasteiger partial charge in [-0.1, -0.05) is 39.5 Å². The number of hydrogen-bond acceptors (Lipinski definition) is 3. The number of hydrogen-bond donors (Lipinski definition) is 2. The Hall–Kier alpha value is -0.870. The van der Waals surface area contributed by atoms with Crippen LogP contribution in [-0.2, 0) is 6.42 Å². The molecule has 0 radical (unpaired) electrons. The van der Waals surface area contributed by atoms with Crippen LogP contribution < -0.4 is 11.3 Å². The van der Waals surface area contributed by atoms with Gasteiger partial charge < -0.3 is 0 Å². The molecule has 4 nitrogen and oxygen atoms in total. The van der Waals surface area contributed by atoms with Crippen molar-refractivity contribution in [3.05, 3.63) is 18.0 Å². The molecule has 1 saturated carbocycles. The molecule has 1 fully saturated rings. The molecule has 0 bridgehead atoms. The van der Waals surface area contributed by atoms with E-state index in [9.17, 15) is 0 Å². The highest BCUT2D eigenvalue weighted by Gasteiger charge is 2.23. The summed E-state index contributed by atoms with van der Waals surface area (Å²) in [6, 6.07) is 3.06. The maximum atomic E-state index is 5.84. The van der Waals surface area contributed by atoms with Gasteiger partial charge in [-0.05, 0) is 37.7 Å². The topological polar surface area (TPSA) is 55.9 Å². The maximum Gasteiger partial charge on any atom is 0.0640 e. The van der Waals surface area contributed by atoms with E-state index < -0.39 is 0 Å². The number of nitrogens with zero attached hydrogens (tertiary/aromatic N) is 2. The average Bonchev–Trinajstić information content (AvgIpc) is 2.79. The van der Waals surface area contributed by atoms with E-state index >= 15 is 0 Å². The third kappa shape index (κ3) is 4.55. The summed E-state index contributed by atoms with van der Waals surface area (Å²) in [5.41, 5.74) is 4.24. The Morgan fingerprint density at radius 1 is 1.24 bits per heavy atom. The molecular weight excluding hydrogens is 260 g/mol. The first-order chi connectivity index (χ1) is 10.3. The molecule has 1 aromatic heterocycles. The number of rotatable bonds is 7. The minimum absolute atomic E-state index is 0.369. The van der Waals surface area contributed by atoms with Crippen molar-refractivity contribution in [2.24, 2.45) is 11.8 Å². The molecule has 4 heteroatoms. The Balaban J connectivity index is 1.97. The van der Waals surface area contributed by atoms with Crippen LogP contribution in [0, 0.1) is 5.92 Å². The zero-order chi connectivity index (χ0) is 15.1. The SMILES string of the molecule is CCC(CC)n1ccc(CC(NN)C2CCCCCC2)n1. The van der Waals surface area contributed by atoms with Crippen molar-refractivity contribution in [1.29, 1.82) is 0 Å². The zero-order valence-electron chi connectivity index (χ0n) is 13.7. The van der Waals surface area contributed by atoms with Gasteiger partial charge in [-0.3, -0.25) is 16.0 Å². The Kier molecular flexibility index (Phi) is 6.71. The summed E-state index contributed by atoms with van der Waals surface area (Å²) in [6.07, 6.45) is 13.5. The summed E-state index contributed by atoms with van der Waals surface area (Å²) in [5.74, 6) is 6.54. The van der Waals surface area contributed by atoms with Crippen molar-refractivity contribution in [2.75, 3.05) is 0 Å². The molecule has 1 atom stereocenters. The van der Waals surface area contributed by atoms with Gasteiger partial charge in [-0.2, -0.15) is 5.10 Å². The van der Waals surface area contributed by atoms with Crippen LogP contribution in [0.5, 0.6) is 0 Å². The number of aromatic nitrogens is 2. The van der Waals surface area contributed by atoms with Crippen molar-refractivity contribution in [2.45, 2.75) is 83.7 Å². The van der Waals surface area contributed by atoms with Gasteiger partial charge in [0.2, 0.25) is 0 Å². The zero-order valence-corrected chi connectivity index (χ0v) is 13.7. The Morgan fingerprint density at radius 2 is 1.90 bits per heavy atom. The number of nitrogens with one attached hydrogen (secondary N) is 1. The molecule has 0 amide bonds. The first-order valence-electron chi connectivity index (χ1n) is 8.78. The second kappa shape index (κ2) is 8.54. The normalized spacial score (nSPS) is 18.9. The predicted octanol–water partition coefficient (Wildman–Crippen LogP) is 3.59. The number of nitrogens with two attached hydrogens (primary N) is 1. The standard InChI is InChI=1S/C17H32N4/c1-3-16(4-2)21-12-11-15(20-21)13-17(19-18)14-9-7-5-6-8-10-14/h11-12,14,16-17,19H,3-10,13,18H2,1-2H3. The Morgan fingerprint density at radius 3 is 2.48 bits per heavy atom. The van der Waals surface area contributed by atoms with Crippen molar-refractivity contribution in [3.63, 3.8) is 0 Å². The molecule has 2 rings (SSSR count). The highest BCUT2D eigenvalue weighted by atomic mass is 15.3. The summed E-state index contributed by atoms with van der Waals surface area (Å²) < 4.78 is 2.13. The molecule has 1 aliphatic rings. The summed E-state index contributed by atoms with van der Waals surface area (Å²) in [5, 5.41) is 4.78. The van der Waals surface area contributed by atoms with E-state index in [1.165, 1.54) is 44.2 Å². The fraction of sp³-hybridized carbons (Fsp3) is 0.824. The lowest BCUT2D eigenvalue weighted by atomic mass is 9.89. The predicted molar refractivity (Wildman–Crippen MR) is 87.9 cm³/mol. The maximum absolute atomic E-state index is 5.84. The lowest BCUT2D eigenvalue weighted by molar-refractivity contribution is 0.317. The van der Waals surface area contributed by atoms with Crippen LogP contribution in [0.1, 0.15) is 76.9 Å². The lowest BCUT2D eigenvalue weighted by Crippen LogP contribution is -2.42. The van der Waals surface area contributed by atoms with E-state index in [0.29, 0.717) is 18.0 Å². The first kappa shape index (κ1) is 16.5. The van der Waals surface area contributed by atoms with Crippen LogP contribution in [0.3, 0.4) is 0 Å². The Labute approximate surface area is 129 Å². The highest BCUT2D eigenvalue weighted by molar-refractivity contribution is 5.03. The number of hydrazine groups is 1. The van der Waals surface area contributed by atoms with E-state index in [2.05, 4.69) is 36.2 Å². The van der Waals surface area contributed by atoms with Crippen LogP contribution in [-0.4, -0.2) is 15.8 Å². The smallest absolute Gasteiger partial charge is 0.0640 e. The van der Waals surface area contributed by atoms with E-state index in [1.54, 1.807) is 0 Å². The first-order valence-corrected chi connectivity index (χ1v) is 8.78. The van der Waals surface area contributed by atoms with Gasteiger partial charge in [0, 0.05) is 18.7 Å². The van der Waals surface area contributed by atoms with Crippen molar-refractivity contribution in [3.8, 4) is 0 Å².